The van der Waals surface area contributed by atoms with E-state index >= 15 is 0 Å². The maximum Gasteiger partial charge on any atom is -0.00207 e. The molecule has 0 radical (unpaired) electrons. The lowest BCUT2D eigenvalue weighted by molar-refractivity contribution is 0.434. The zero-order chi connectivity index (χ0) is 7.82. The van der Waals surface area contributed by atoms with Gasteiger partial charge in [0.05, 0.1) is 0 Å². The van der Waals surface area contributed by atoms with Gasteiger partial charge in [-0.1, -0.05) is 33.6 Å². The molecular formula is C9H21N. The highest BCUT2D eigenvalue weighted by molar-refractivity contribution is 4.58. The molecule has 1 heteroatoms. The smallest absolute Gasteiger partial charge is 0.00207 e. The van der Waals surface area contributed by atoms with E-state index < -0.39 is 0 Å². The third kappa shape index (κ3) is 4.80. The molecule has 0 fully saturated rings. The summed E-state index contributed by atoms with van der Waals surface area (Å²) < 4.78 is 0. The van der Waals surface area contributed by atoms with E-state index in [1.54, 1.807) is 0 Å². The first kappa shape index (κ1) is 9.96. The van der Waals surface area contributed by atoms with E-state index in [0.29, 0.717) is 0 Å². The summed E-state index contributed by atoms with van der Waals surface area (Å²) in [5.41, 5.74) is 0. The number of hydrogen-bond acceptors (Lipinski definition) is 1. The summed E-state index contributed by atoms with van der Waals surface area (Å²) in [7, 11) is 0. The standard InChI is InChI=1S/C9H21N/c1-4-7-9(5-2)8-10-6-3/h9-10H,4-8H2,1-3H3/t9-/m0/s1. The highest BCUT2D eigenvalue weighted by Crippen LogP contribution is 2.08. The lowest BCUT2D eigenvalue weighted by Crippen LogP contribution is -2.21. The Bertz CT molecular complexity index is 61.7. The van der Waals surface area contributed by atoms with Crippen molar-refractivity contribution in [3.63, 3.8) is 0 Å². The van der Waals surface area contributed by atoms with E-state index in [1.165, 1.54) is 25.8 Å². The van der Waals surface area contributed by atoms with Crippen molar-refractivity contribution in [1.29, 1.82) is 0 Å². The summed E-state index contributed by atoms with van der Waals surface area (Å²) in [6.07, 6.45) is 4.02. The molecule has 0 aliphatic carbocycles. The van der Waals surface area contributed by atoms with Gasteiger partial charge in [0, 0.05) is 0 Å². The lowest BCUT2D eigenvalue weighted by Gasteiger charge is -2.12. The van der Waals surface area contributed by atoms with E-state index in [9.17, 15) is 0 Å². The van der Waals surface area contributed by atoms with Crippen molar-refractivity contribution in [1.82, 2.24) is 5.32 Å². The predicted octanol–water partition coefficient (Wildman–Crippen LogP) is 2.42. The molecule has 0 amide bonds. The number of rotatable bonds is 6. The van der Waals surface area contributed by atoms with Crippen LogP contribution in [0.3, 0.4) is 0 Å². The maximum absolute atomic E-state index is 3.38. The van der Waals surface area contributed by atoms with E-state index in [0.717, 1.165) is 12.5 Å². The fourth-order valence-corrected chi connectivity index (χ4v) is 1.21. The molecular weight excluding hydrogens is 122 g/mol. The molecule has 0 aliphatic rings. The molecule has 10 heavy (non-hydrogen) atoms. The Kier molecular flexibility index (Phi) is 7.04. The first-order valence-electron chi connectivity index (χ1n) is 4.55. The minimum absolute atomic E-state index is 0.907. The molecule has 0 rings (SSSR count). The lowest BCUT2D eigenvalue weighted by atomic mass is 10.0. The van der Waals surface area contributed by atoms with Crippen molar-refractivity contribution in [3.05, 3.63) is 0 Å². The summed E-state index contributed by atoms with van der Waals surface area (Å²) in [5.74, 6) is 0.907. The van der Waals surface area contributed by atoms with E-state index in [4.69, 9.17) is 0 Å². The van der Waals surface area contributed by atoms with Crippen molar-refractivity contribution in [3.8, 4) is 0 Å². The van der Waals surface area contributed by atoms with Crippen LogP contribution < -0.4 is 5.32 Å². The fraction of sp³-hybridized carbons (Fsp3) is 1.00. The highest BCUT2D eigenvalue weighted by Gasteiger charge is 2.01. The Hall–Kier alpha value is -0.0400. The average Bonchev–Trinajstić information content (AvgIpc) is 1.98. The number of nitrogens with one attached hydrogen (secondary N) is 1. The molecule has 0 heterocycles. The molecule has 0 aromatic heterocycles. The van der Waals surface area contributed by atoms with E-state index in [1.807, 2.05) is 0 Å². The van der Waals surface area contributed by atoms with Gasteiger partial charge >= 0.3 is 0 Å². The van der Waals surface area contributed by atoms with Crippen molar-refractivity contribution >= 4 is 0 Å². The van der Waals surface area contributed by atoms with Gasteiger partial charge in [-0.3, -0.25) is 0 Å². The second-order valence-electron chi connectivity index (χ2n) is 2.87. The Balaban J connectivity index is 3.21. The van der Waals surface area contributed by atoms with Crippen LogP contribution in [0.5, 0.6) is 0 Å². The third-order valence-corrected chi connectivity index (χ3v) is 1.96. The average molecular weight is 143 g/mol. The molecule has 0 unspecified atom stereocenters. The van der Waals surface area contributed by atoms with Crippen LogP contribution >= 0.6 is 0 Å². The summed E-state index contributed by atoms with van der Waals surface area (Å²) in [4.78, 5) is 0. The zero-order valence-electron chi connectivity index (χ0n) is 7.61. The van der Waals surface area contributed by atoms with Crippen LogP contribution in [0.2, 0.25) is 0 Å². The van der Waals surface area contributed by atoms with Crippen LogP contribution in [0.4, 0.5) is 0 Å². The minimum Gasteiger partial charge on any atom is -0.317 e. The molecule has 0 aromatic carbocycles. The van der Waals surface area contributed by atoms with E-state index in [-0.39, 0.29) is 0 Å². The van der Waals surface area contributed by atoms with Crippen molar-refractivity contribution in [2.45, 2.75) is 40.0 Å². The largest absolute Gasteiger partial charge is 0.317 e. The normalized spacial score (nSPS) is 13.5. The molecule has 0 saturated carbocycles. The summed E-state index contributed by atoms with van der Waals surface area (Å²) >= 11 is 0. The van der Waals surface area contributed by atoms with Gasteiger partial charge in [-0.25, -0.2) is 0 Å². The van der Waals surface area contributed by atoms with Crippen molar-refractivity contribution in [2.24, 2.45) is 5.92 Å². The molecule has 1 nitrogen and oxygen atoms in total. The molecule has 1 N–H and O–H groups in total. The minimum atomic E-state index is 0.907. The monoisotopic (exact) mass is 143 g/mol. The summed E-state index contributed by atoms with van der Waals surface area (Å²) in [5, 5.41) is 3.38. The van der Waals surface area contributed by atoms with Gasteiger partial charge in [0.25, 0.3) is 0 Å². The van der Waals surface area contributed by atoms with Crippen molar-refractivity contribution in [2.75, 3.05) is 13.1 Å². The second-order valence-corrected chi connectivity index (χ2v) is 2.87. The quantitative estimate of drug-likeness (QED) is 0.602. The van der Waals surface area contributed by atoms with Gasteiger partial charge in [-0.15, -0.1) is 0 Å². The Morgan fingerprint density at radius 3 is 2.30 bits per heavy atom. The Morgan fingerprint density at radius 2 is 1.90 bits per heavy atom. The van der Waals surface area contributed by atoms with Gasteiger partial charge in [-0.05, 0) is 25.4 Å². The molecule has 1 atom stereocenters. The summed E-state index contributed by atoms with van der Waals surface area (Å²) in [6.45, 7) is 9.02. The number of hydrogen-bond donors (Lipinski definition) is 1. The van der Waals surface area contributed by atoms with Crippen LogP contribution in [0, 0.1) is 5.92 Å². The van der Waals surface area contributed by atoms with Crippen LogP contribution in [0.1, 0.15) is 40.0 Å². The Labute approximate surface area is 65.2 Å². The van der Waals surface area contributed by atoms with Gasteiger partial charge in [0.15, 0.2) is 0 Å². The molecule has 62 valence electrons. The highest BCUT2D eigenvalue weighted by atomic mass is 14.8. The summed E-state index contributed by atoms with van der Waals surface area (Å²) in [6, 6.07) is 0. The van der Waals surface area contributed by atoms with Gasteiger partial charge in [-0.2, -0.15) is 0 Å². The topological polar surface area (TPSA) is 12.0 Å². The van der Waals surface area contributed by atoms with Crippen molar-refractivity contribution < 1.29 is 0 Å². The molecule has 0 spiro atoms. The zero-order valence-corrected chi connectivity index (χ0v) is 7.61. The molecule has 0 aromatic rings. The SMILES string of the molecule is CCC[C@H](CC)CNCC. The molecule has 0 saturated heterocycles. The second kappa shape index (κ2) is 7.07. The third-order valence-electron chi connectivity index (χ3n) is 1.96. The molecule has 0 aliphatic heterocycles. The van der Waals surface area contributed by atoms with Crippen LogP contribution in [-0.4, -0.2) is 13.1 Å². The first-order valence-corrected chi connectivity index (χ1v) is 4.55. The van der Waals surface area contributed by atoms with Gasteiger partial charge in [0.2, 0.25) is 0 Å². The van der Waals surface area contributed by atoms with E-state index in [2.05, 4.69) is 26.1 Å². The van der Waals surface area contributed by atoms with Crippen LogP contribution in [0.15, 0.2) is 0 Å². The fourth-order valence-electron chi connectivity index (χ4n) is 1.21. The van der Waals surface area contributed by atoms with Gasteiger partial charge < -0.3 is 5.32 Å². The maximum atomic E-state index is 3.38. The molecule has 0 bridgehead atoms. The van der Waals surface area contributed by atoms with Gasteiger partial charge in [0.1, 0.15) is 0 Å². The van der Waals surface area contributed by atoms with Crippen LogP contribution in [-0.2, 0) is 0 Å². The first-order chi connectivity index (χ1) is 4.85. The van der Waals surface area contributed by atoms with Crippen LogP contribution in [0.25, 0.3) is 0 Å². The Morgan fingerprint density at radius 1 is 1.20 bits per heavy atom. The predicted molar refractivity (Wildman–Crippen MR) is 47.2 cm³/mol.